The molecule has 1 aromatic carbocycles. The predicted octanol–water partition coefficient (Wildman–Crippen LogP) is 4.03. The van der Waals surface area contributed by atoms with Gasteiger partial charge >= 0.3 is 6.09 Å². The van der Waals surface area contributed by atoms with E-state index in [1.54, 1.807) is 12.1 Å². The minimum absolute atomic E-state index is 0. The van der Waals surface area contributed by atoms with Gasteiger partial charge in [-0.2, -0.15) is 0 Å². The van der Waals surface area contributed by atoms with E-state index in [0.717, 1.165) is 0 Å². The third kappa shape index (κ3) is 8.94. The molecule has 25 heavy (non-hydrogen) atoms. The molecule has 1 aromatic rings. The maximum Gasteiger partial charge on any atom is 0.411 e. The highest BCUT2D eigenvalue weighted by Gasteiger charge is 2.18. The summed E-state index contributed by atoms with van der Waals surface area (Å²) in [6, 6.07) is 3.13. The average Bonchev–Trinajstić information content (AvgIpc) is 2.47. The van der Waals surface area contributed by atoms with Crippen molar-refractivity contribution in [3.05, 3.63) is 27.7 Å². The molecular weight excluding hydrogens is 391 g/mol. The van der Waals surface area contributed by atoms with Crippen LogP contribution in [0.4, 0.5) is 10.5 Å². The van der Waals surface area contributed by atoms with Gasteiger partial charge in [0.1, 0.15) is 6.61 Å². The number of benzene rings is 1. The zero-order chi connectivity index (χ0) is 18.3. The van der Waals surface area contributed by atoms with Crippen LogP contribution in [0.2, 0.25) is 10.0 Å². The first kappa shape index (κ1) is 24.2. The van der Waals surface area contributed by atoms with Crippen molar-refractivity contribution in [2.24, 2.45) is 0 Å². The highest BCUT2D eigenvalue weighted by Crippen LogP contribution is 2.34. The summed E-state index contributed by atoms with van der Waals surface area (Å²) in [6.07, 6.45) is -1.46. The molecule has 3 N–H and O–H groups in total. The first-order chi connectivity index (χ1) is 11.1. The Balaban J connectivity index is 0.00000576. The normalized spacial score (nSPS) is 12.3. The van der Waals surface area contributed by atoms with Gasteiger partial charge in [-0.3, -0.25) is 5.32 Å². The summed E-state index contributed by atoms with van der Waals surface area (Å²) in [6.45, 7) is 6.77. The number of anilines is 1. The van der Waals surface area contributed by atoms with Crippen LogP contribution in [0.3, 0.4) is 0 Å². The fourth-order valence-electron chi connectivity index (χ4n) is 1.78. The first-order valence-corrected chi connectivity index (χ1v) is 8.24. The van der Waals surface area contributed by atoms with Crippen molar-refractivity contribution in [2.75, 3.05) is 32.2 Å². The molecule has 0 fully saturated rings. The number of hydrogen-bond acceptors (Lipinski definition) is 5. The number of hydrogen-bond donors (Lipinski definition) is 3. The minimum Gasteiger partial charge on any atom is -0.447 e. The first-order valence-electron chi connectivity index (χ1n) is 7.49. The van der Waals surface area contributed by atoms with Crippen LogP contribution in [-0.4, -0.2) is 43.6 Å². The molecule has 0 spiro atoms. The Hall–Kier alpha value is -0.760. The number of carbonyl (C=O) groups excluding carboxylic acids is 1. The molecule has 6 nitrogen and oxygen atoms in total. The van der Waals surface area contributed by atoms with Crippen molar-refractivity contribution >= 4 is 47.4 Å². The third-order valence-electron chi connectivity index (χ3n) is 3.02. The minimum atomic E-state index is -0.776. The van der Waals surface area contributed by atoms with E-state index in [-0.39, 0.29) is 40.3 Å². The number of rotatable bonds is 7. The molecule has 0 saturated carbocycles. The molecule has 0 aliphatic heterocycles. The van der Waals surface area contributed by atoms with Crippen LogP contribution in [0.5, 0.6) is 0 Å². The lowest BCUT2D eigenvalue weighted by molar-refractivity contribution is 0.107. The highest BCUT2D eigenvalue weighted by atomic mass is 35.5. The van der Waals surface area contributed by atoms with Crippen molar-refractivity contribution in [2.45, 2.75) is 32.4 Å². The fraction of sp³-hybridized carbons (Fsp3) is 0.562. The number of ether oxygens (including phenoxy) is 2. The molecule has 0 aliphatic carbocycles. The zero-order valence-electron chi connectivity index (χ0n) is 14.7. The SMILES string of the molecule is COCCOC(=O)Nc1c(Cl)cc(C(O)CNC(C)(C)C)cc1Cl.Cl. The summed E-state index contributed by atoms with van der Waals surface area (Å²) in [7, 11) is 1.51. The van der Waals surface area contributed by atoms with Gasteiger partial charge in [0.15, 0.2) is 0 Å². The molecule has 0 radical (unpaired) electrons. The topological polar surface area (TPSA) is 79.8 Å². The Kier molecular flexibility index (Phi) is 10.7. The summed E-state index contributed by atoms with van der Waals surface area (Å²) >= 11 is 12.3. The van der Waals surface area contributed by atoms with Crippen LogP contribution >= 0.6 is 35.6 Å². The molecule has 144 valence electrons. The zero-order valence-corrected chi connectivity index (χ0v) is 17.0. The molecule has 1 rings (SSSR count). The van der Waals surface area contributed by atoms with E-state index in [0.29, 0.717) is 18.7 Å². The fourth-order valence-corrected chi connectivity index (χ4v) is 2.38. The van der Waals surface area contributed by atoms with Gasteiger partial charge in [0.2, 0.25) is 0 Å². The van der Waals surface area contributed by atoms with E-state index in [1.807, 2.05) is 20.8 Å². The van der Waals surface area contributed by atoms with Gasteiger partial charge in [-0.25, -0.2) is 4.79 Å². The van der Waals surface area contributed by atoms with Gasteiger partial charge in [-0.1, -0.05) is 23.2 Å². The number of methoxy groups -OCH3 is 1. The molecule has 0 aromatic heterocycles. The Morgan fingerprint density at radius 1 is 1.24 bits per heavy atom. The van der Waals surface area contributed by atoms with Crippen molar-refractivity contribution in [1.82, 2.24) is 5.32 Å². The number of β-amino-alcohol motifs (C(OH)–C–C–N with tert-alkyl or cyclic N) is 1. The van der Waals surface area contributed by atoms with E-state index in [2.05, 4.69) is 10.6 Å². The predicted molar refractivity (Wildman–Crippen MR) is 103 cm³/mol. The molecule has 0 bridgehead atoms. The van der Waals surface area contributed by atoms with Crippen molar-refractivity contribution in [1.29, 1.82) is 0 Å². The maximum absolute atomic E-state index is 11.7. The molecular formula is C16H25Cl3N2O4. The summed E-state index contributed by atoms with van der Waals surface area (Å²) in [5.74, 6) is 0. The van der Waals surface area contributed by atoms with Gasteiger partial charge in [0.25, 0.3) is 0 Å². The Bertz CT molecular complexity index is 542. The number of halogens is 3. The second-order valence-electron chi connectivity index (χ2n) is 6.26. The van der Waals surface area contributed by atoms with Gasteiger partial charge in [-0.05, 0) is 38.5 Å². The van der Waals surface area contributed by atoms with Crippen LogP contribution in [0.1, 0.15) is 32.4 Å². The van der Waals surface area contributed by atoms with Crippen molar-refractivity contribution < 1.29 is 19.4 Å². The van der Waals surface area contributed by atoms with Crippen molar-refractivity contribution in [3.63, 3.8) is 0 Å². The van der Waals surface area contributed by atoms with Gasteiger partial charge in [0.05, 0.1) is 28.4 Å². The van der Waals surface area contributed by atoms with Crippen LogP contribution in [-0.2, 0) is 9.47 Å². The number of carbonyl (C=O) groups is 1. The van der Waals surface area contributed by atoms with Crippen molar-refractivity contribution in [3.8, 4) is 0 Å². The largest absolute Gasteiger partial charge is 0.447 e. The number of aliphatic hydroxyl groups excluding tert-OH is 1. The van der Waals surface area contributed by atoms with E-state index in [4.69, 9.17) is 32.7 Å². The summed E-state index contributed by atoms with van der Waals surface area (Å²) in [5, 5.41) is 16.4. The van der Waals surface area contributed by atoms with E-state index in [9.17, 15) is 9.90 Å². The number of aliphatic hydroxyl groups is 1. The summed E-state index contributed by atoms with van der Waals surface area (Å²) in [4.78, 5) is 11.7. The van der Waals surface area contributed by atoms with Gasteiger partial charge in [-0.15, -0.1) is 12.4 Å². The summed E-state index contributed by atoms with van der Waals surface area (Å²) < 4.78 is 9.69. The third-order valence-corrected chi connectivity index (χ3v) is 3.62. The van der Waals surface area contributed by atoms with E-state index < -0.39 is 12.2 Å². The Labute approximate surface area is 164 Å². The molecule has 1 atom stereocenters. The molecule has 0 heterocycles. The van der Waals surface area contributed by atoms with Crippen LogP contribution in [0, 0.1) is 0 Å². The maximum atomic E-state index is 11.7. The molecule has 9 heteroatoms. The second kappa shape index (κ2) is 11.1. The average molecular weight is 416 g/mol. The standard InChI is InChI=1S/C16H24Cl2N2O4.ClH/c1-16(2,3)19-9-13(21)10-7-11(17)14(12(18)8-10)20-15(22)24-6-5-23-4;/h7-8,13,19,21H,5-6,9H2,1-4H3,(H,20,22);1H. The van der Waals surface area contributed by atoms with Crippen LogP contribution in [0.25, 0.3) is 0 Å². The molecule has 0 aliphatic rings. The lowest BCUT2D eigenvalue weighted by Gasteiger charge is -2.23. The van der Waals surface area contributed by atoms with Gasteiger partial charge < -0.3 is 19.9 Å². The van der Waals surface area contributed by atoms with Crippen LogP contribution < -0.4 is 10.6 Å². The van der Waals surface area contributed by atoms with Crippen LogP contribution in [0.15, 0.2) is 12.1 Å². The monoisotopic (exact) mass is 414 g/mol. The second-order valence-corrected chi connectivity index (χ2v) is 7.07. The molecule has 1 unspecified atom stereocenters. The van der Waals surface area contributed by atoms with E-state index in [1.165, 1.54) is 7.11 Å². The molecule has 0 saturated heterocycles. The highest BCUT2D eigenvalue weighted by molar-refractivity contribution is 6.39. The number of nitrogens with one attached hydrogen (secondary N) is 2. The Morgan fingerprint density at radius 2 is 1.80 bits per heavy atom. The summed E-state index contributed by atoms with van der Waals surface area (Å²) in [5.41, 5.74) is 0.669. The van der Waals surface area contributed by atoms with Gasteiger partial charge in [0, 0.05) is 19.2 Å². The molecule has 1 amide bonds. The quantitative estimate of drug-likeness (QED) is 0.586. The smallest absolute Gasteiger partial charge is 0.411 e. The Morgan fingerprint density at radius 3 is 2.28 bits per heavy atom. The lowest BCUT2D eigenvalue weighted by Crippen LogP contribution is -2.38. The lowest BCUT2D eigenvalue weighted by atomic mass is 10.1. The number of amides is 1. The van der Waals surface area contributed by atoms with E-state index >= 15 is 0 Å².